The lowest BCUT2D eigenvalue weighted by Crippen LogP contribution is -2.55. The highest BCUT2D eigenvalue weighted by molar-refractivity contribution is 5.87. The summed E-state index contributed by atoms with van der Waals surface area (Å²) in [6.45, 7) is 6.34. The van der Waals surface area contributed by atoms with Gasteiger partial charge in [0.2, 0.25) is 5.91 Å². The molecule has 0 saturated carbocycles. The summed E-state index contributed by atoms with van der Waals surface area (Å²) in [5, 5.41) is 3.68. The van der Waals surface area contributed by atoms with Crippen molar-refractivity contribution in [3.8, 4) is 0 Å². The zero-order valence-electron chi connectivity index (χ0n) is 20.9. The summed E-state index contributed by atoms with van der Waals surface area (Å²) in [7, 11) is 1.69. The maximum Gasteiger partial charge on any atom is 0.434 e. The maximum atomic E-state index is 14.0. The van der Waals surface area contributed by atoms with Crippen LogP contribution in [0, 0.1) is 11.3 Å². The first-order valence-corrected chi connectivity index (χ1v) is 12.7. The second kappa shape index (κ2) is 9.57. The zero-order valence-corrected chi connectivity index (χ0v) is 20.9. The van der Waals surface area contributed by atoms with Crippen LogP contribution in [0.2, 0.25) is 0 Å². The summed E-state index contributed by atoms with van der Waals surface area (Å²) in [5.41, 5.74) is -1.61. The first-order chi connectivity index (χ1) is 17.1. The molecule has 4 heterocycles. The molecule has 3 fully saturated rings. The van der Waals surface area contributed by atoms with Gasteiger partial charge in [-0.05, 0) is 25.2 Å². The molecule has 11 heteroatoms. The van der Waals surface area contributed by atoms with Crippen LogP contribution in [-0.4, -0.2) is 84.5 Å². The van der Waals surface area contributed by atoms with E-state index in [2.05, 4.69) is 41.3 Å². The molecule has 0 radical (unpaired) electrons. The molecule has 8 nitrogen and oxygen atoms in total. The predicted octanol–water partition coefficient (Wildman–Crippen LogP) is 2.65. The molecule has 36 heavy (non-hydrogen) atoms. The lowest BCUT2D eigenvalue weighted by atomic mass is 9.74. The van der Waals surface area contributed by atoms with E-state index in [1.165, 1.54) is 6.20 Å². The van der Waals surface area contributed by atoms with Crippen LogP contribution in [0.3, 0.4) is 0 Å². The third-order valence-electron chi connectivity index (χ3n) is 8.36. The van der Waals surface area contributed by atoms with Crippen LogP contribution in [0.15, 0.2) is 24.5 Å². The van der Waals surface area contributed by atoms with Crippen molar-refractivity contribution in [2.24, 2.45) is 11.3 Å². The zero-order chi connectivity index (χ0) is 25.7. The summed E-state index contributed by atoms with van der Waals surface area (Å²) in [4.78, 5) is 25.4. The Labute approximate surface area is 209 Å². The van der Waals surface area contributed by atoms with Gasteiger partial charge in [-0.15, -0.1) is 0 Å². The molecule has 0 aromatic carbocycles. The Kier molecular flexibility index (Phi) is 6.76. The number of nitrogens with zero attached hydrogens (tertiary/aromatic N) is 4. The first-order valence-electron chi connectivity index (χ1n) is 12.7. The summed E-state index contributed by atoms with van der Waals surface area (Å²) >= 11 is 0. The van der Waals surface area contributed by atoms with Gasteiger partial charge in [0.25, 0.3) is 0 Å². The summed E-state index contributed by atoms with van der Waals surface area (Å²) in [6.07, 6.45) is 3.99. The van der Waals surface area contributed by atoms with E-state index in [1.54, 1.807) is 7.11 Å². The fourth-order valence-electron chi connectivity index (χ4n) is 6.24. The largest absolute Gasteiger partial charge is 0.434 e. The molecular weight excluding hydrogens is 475 g/mol. The predicted molar refractivity (Wildman–Crippen MR) is 126 cm³/mol. The highest BCUT2D eigenvalue weighted by Crippen LogP contribution is 2.45. The van der Waals surface area contributed by atoms with Crippen molar-refractivity contribution in [1.29, 1.82) is 0 Å². The van der Waals surface area contributed by atoms with Crippen LogP contribution < -0.4 is 10.2 Å². The van der Waals surface area contributed by atoms with E-state index in [9.17, 15) is 18.0 Å². The molecule has 1 aromatic rings. The molecule has 1 amide bonds. The third kappa shape index (κ3) is 4.50. The van der Waals surface area contributed by atoms with Gasteiger partial charge in [-0.3, -0.25) is 9.78 Å². The van der Waals surface area contributed by atoms with Crippen molar-refractivity contribution in [3.63, 3.8) is 0 Å². The molecule has 198 valence electrons. The standard InChI is InChI=1S/C25H34F3N5O3/c1-15(2)24(6-4-16(9-24)30-19-5-7-36-14-20(19)35-3)23(34)33-13-17-8-18(33)12-32(17)22-11-29-10-21(31-22)25(26,27)28/h4,6,10-11,15-20,30H,5,7-9,12-14H2,1-3H3/t16-,17-,18+,19+,20-,24+/m1/s1. The van der Waals surface area contributed by atoms with E-state index in [0.29, 0.717) is 32.7 Å². The van der Waals surface area contributed by atoms with Crippen molar-refractivity contribution < 1.29 is 27.4 Å². The lowest BCUT2D eigenvalue weighted by Gasteiger charge is -2.41. The molecule has 2 bridgehead atoms. The number of likely N-dealkylation sites (tertiary alicyclic amines) is 1. The number of piperazine rings is 1. The number of hydrogen-bond acceptors (Lipinski definition) is 7. The number of ether oxygens (including phenoxy) is 2. The van der Waals surface area contributed by atoms with E-state index in [1.807, 2.05) is 9.80 Å². The van der Waals surface area contributed by atoms with E-state index >= 15 is 0 Å². The molecule has 6 atom stereocenters. The first kappa shape index (κ1) is 25.4. The number of rotatable bonds is 6. The molecular formula is C25H34F3N5O3. The molecule has 1 N–H and O–H groups in total. The van der Waals surface area contributed by atoms with Crippen LogP contribution in [-0.2, 0) is 20.4 Å². The smallest absolute Gasteiger partial charge is 0.379 e. The number of aromatic nitrogens is 2. The fourth-order valence-corrected chi connectivity index (χ4v) is 6.24. The minimum absolute atomic E-state index is 0.0175. The Morgan fingerprint density at radius 3 is 2.75 bits per heavy atom. The Bertz CT molecular complexity index is 1010. The highest BCUT2D eigenvalue weighted by Gasteiger charge is 2.53. The summed E-state index contributed by atoms with van der Waals surface area (Å²) in [5.74, 6) is 0.429. The molecule has 1 aliphatic carbocycles. The molecule has 0 unspecified atom stereocenters. The lowest BCUT2D eigenvalue weighted by molar-refractivity contribution is -0.143. The third-order valence-corrected chi connectivity index (χ3v) is 8.36. The van der Waals surface area contributed by atoms with Crippen LogP contribution in [0.4, 0.5) is 19.0 Å². The Balaban J connectivity index is 1.26. The molecule has 3 saturated heterocycles. The Morgan fingerprint density at radius 2 is 2.08 bits per heavy atom. The Hall–Kier alpha value is -2.24. The van der Waals surface area contributed by atoms with Gasteiger partial charge in [-0.2, -0.15) is 13.2 Å². The summed E-state index contributed by atoms with van der Waals surface area (Å²) < 4.78 is 50.5. The van der Waals surface area contributed by atoms with Crippen molar-refractivity contribution in [3.05, 3.63) is 30.2 Å². The van der Waals surface area contributed by atoms with Gasteiger partial charge in [0.1, 0.15) is 5.82 Å². The number of alkyl halides is 3. The van der Waals surface area contributed by atoms with E-state index < -0.39 is 17.3 Å². The second-order valence-electron chi connectivity index (χ2n) is 10.7. The number of anilines is 1. The normalized spacial score (nSPS) is 34.2. The van der Waals surface area contributed by atoms with Gasteiger partial charge < -0.3 is 24.6 Å². The SMILES string of the molecule is CO[C@@H]1COCC[C@@H]1N[C@@H]1C=C[C@@](C(=O)N2C[C@H]3C[C@H]2CN3c2cncc(C(F)(F)F)n2)(C(C)C)C1. The van der Waals surface area contributed by atoms with E-state index in [4.69, 9.17) is 9.47 Å². The monoisotopic (exact) mass is 509 g/mol. The minimum atomic E-state index is -4.54. The second-order valence-corrected chi connectivity index (χ2v) is 10.7. The van der Waals surface area contributed by atoms with Crippen LogP contribution in [0.25, 0.3) is 0 Å². The quantitative estimate of drug-likeness (QED) is 0.591. The van der Waals surface area contributed by atoms with Crippen molar-refractivity contribution >= 4 is 11.7 Å². The van der Waals surface area contributed by atoms with Gasteiger partial charge >= 0.3 is 6.18 Å². The topological polar surface area (TPSA) is 79.8 Å². The average molecular weight is 510 g/mol. The van der Waals surface area contributed by atoms with Crippen LogP contribution >= 0.6 is 0 Å². The van der Waals surface area contributed by atoms with E-state index in [-0.39, 0.29) is 47.9 Å². The highest BCUT2D eigenvalue weighted by atomic mass is 19.4. The van der Waals surface area contributed by atoms with E-state index in [0.717, 1.165) is 19.0 Å². The van der Waals surface area contributed by atoms with Crippen molar-refractivity contribution in [2.45, 2.75) is 69.6 Å². The minimum Gasteiger partial charge on any atom is -0.379 e. The maximum absolute atomic E-state index is 14.0. The number of carbonyl (C=O) groups excluding carboxylic acids is 1. The van der Waals surface area contributed by atoms with Crippen LogP contribution in [0.1, 0.15) is 38.8 Å². The van der Waals surface area contributed by atoms with Crippen molar-refractivity contribution in [1.82, 2.24) is 20.2 Å². The molecule has 3 aliphatic heterocycles. The molecule has 0 spiro atoms. The number of methoxy groups -OCH3 is 1. The van der Waals surface area contributed by atoms with Gasteiger partial charge in [0.05, 0.1) is 42.6 Å². The molecule has 1 aromatic heterocycles. The Morgan fingerprint density at radius 1 is 1.28 bits per heavy atom. The molecule has 5 rings (SSSR count). The number of fused-ring (bicyclic) bond motifs is 2. The summed E-state index contributed by atoms with van der Waals surface area (Å²) in [6, 6.07) is 0.114. The fraction of sp³-hybridized carbons (Fsp3) is 0.720. The average Bonchev–Trinajstić information content (AvgIpc) is 3.58. The van der Waals surface area contributed by atoms with Gasteiger partial charge in [0.15, 0.2) is 5.69 Å². The number of amides is 1. The van der Waals surface area contributed by atoms with Gasteiger partial charge in [-0.25, -0.2) is 4.98 Å². The number of nitrogens with one attached hydrogen (secondary N) is 1. The van der Waals surface area contributed by atoms with Crippen LogP contribution in [0.5, 0.6) is 0 Å². The molecule has 4 aliphatic rings. The number of hydrogen-bond donors (Lipinski definition) is 1. The number of halogens is 3. The van der Waals surface area contributed by atoms with Gasteiger partial charge in [0, 0.05) is 38.9 Å². The van der Waals surface area contributed by atoms with Crippen molar-refractivity contribution in [2.75, 3.05) is 38.3 Å². The number of carbonyl (C=O) groups is 1. The van der Waals surface area contributed by atoms with Gasteiger partial charge in [-0.1, -0.05) is 26.0 Å².